The zero-order chi connectivity index (χ0) is 67.2. The van der Waals surface area contributed by atoms with Gasteiger partial charge in [0.1, 0.15) is 34.9 Å². The molecule has 1 aromatic heterocycles. The van der Waals surface area contributed by atoms with Gasteiger partial charge in [0, 0.05) is 66.1 Å². The van der Waals surface area contributed by atoms with Gasteiger partial charge in [-0.05, 0) is 42.9 Å². The number of carbonyl (C=O) groups excluding carboxylic acids is 10. The number of imide groups is 1. The van der Waals surface area contributed by atoms with Crippen molar-refractivity contribution in [3.05, 3.63) is 35.4 Å². The summed E-state index contributed by atoms with van der Waals surface area (Å²) >= 11 is 1.59. The third kappa shape index (κ3) is 20.9. The first-order valence-electron chi connectivity index (χ1n) is 30.7. The SMILES string of the molecule is CC[C@H](C)[C@H](N)C(=O)NCC(=O)N[C@H]1CS(=O)c2[nH]c3c(CSC4CCN(C(=O)CCOCCOCCOCCOCCN5C(=O)C=CC5=O)CC4)c(OC)ccc3c2C[C@@H](CO)NC(=O)[C@H]([C@@H](C)[C@@H](O)CO)NC(=O)[C@@H]2C[C@@H](O)CN2C(=O)[C@H](CC(N)=O)NC1=O. The predicted octanol–water partition coefficient (Wildman–Crippen LogP) is -4.31. The number of carbonyl (C=O) groups is 10. The third-order valence-corrected chi connectivity index (χ3v) is 19.3. The Morgan fingerprint density at radius 3 is 2.12 bits per heavy atom. The van der Waals surface area contributed by atoms with Crippen LogP contribution >= 0.6 is 11.8 Å². The van der Waals surface area contributed by atoms with Gasteiger partial charge in [-0.2, -0.15) is 11.8 Å². The lowest BCUT2D eigenvalue weighted by atomic mass is 9.94. The molecule has 14 N–H and O–H groups in total. The first-order chi connectivity index (χ1) is 44.0. The van der Waals surface area contributed by atoms with Gasteiger partial charge in [-0.15, -0.1) is 0 Å². The number of H-pyrrole nitrogens is 1. The molecule has 0 radical (unpaired) electrons. The number of primary amides is 1. The highest BCUT2D eigenvalue weighted by Gasteiger charge is 2.45. The van der Waals surface area contributed by atoms with Crippen LogP contribution in [0.1, 0.15) is 70.4 Å². The van der Waals surface area contributed by atoms with Crippen molar-refractivity contribution in [2.24, 2.45) is 23.3 Å². The molecule has 2 aromatic rings. The molecular weight excluding hydrogens is 1250 g/mol. The van der Waals surface area contributed by atoms with E-state index in [0.29, 0.717) is 86.7 Å². The number of aromatic nitrogens is 1. The van der Waals surface area contributed by atoms with Crippen LogP contribution < -0.4 is 42.8 Å². The fourth-order valence-corrected chi connectivity index (χ4v) is 13.5. The summed E-state index contributed by atoms with van der Waals surface area (Å²) in [6, 6.07) is -5.68. The Balaban J connectivity index is 1.18. The number of thioether (sulfide) groups is 1. The maximum absolute atomic E-state index is 15.2. The molecular formula is C59H89N11O20S2. The smallest absolute Gasteiger partial charge is 0.253 e. The Labute approximate surface area is 539 Å². The van der Waals surface area contributed by atoms with Gasteiger partial charge in [0.15, 0.2) is 0 Å². The summed E-state index contributed by atoms with van der Waals surface area (Å²) in [5, 5.41) is 55.7. The van der Waals surface area contributed by atoms with Crippen molar-refractivity contribution >= 4 is 92.5 Å². The number of hydrogen-bond acceptors (Lipinski definition) is 22. The molecule has 11 atom stereocenters. The standard InChI is InChI=1S/C59H89N11O20S2/c1-5-33(2)51(61)56(82)62-27-47(76)64-42-32-92(85)58-39(24-35(29-71)63-57(83)52(34(3)44(74)30-72)66-55(81)43-25-36(73)28-70(43)59(84)41(26-46(60)75)65-54(42)80)38-6-7-45(86-4)40(53(38)67-58)31-91-37-10-13-68(14-11-37)48(77)12-16-87-18-20-89-22-23-90-21-19-88-17-15-69-49(78)8-9-50(69)79/h6-9,33-37,41-44,51-52,67,71-74H,5,10-32,61H2,1-4H3,(H2,60,75)(H,62,82)(H,63,83)(H,64,76)(H,65,80)(H,66,81)/t33-,34-,35-,36+,41-,42-,43-,44-,51-,52-,92?/m0/s1. The van der Waals surface area contributed by atoms with Gasteiger partial charge >= 0.3 is 0 Å². The van der Waals surface area contributed by atoms with E-state index in [1.807, 2.05) is 6.92 Å². The van der Waals surface area contributed by atoms with Crippen molar-refractivity contribution in [3.8, 4) is 5.75 Å². The highest BCUT2D eigenvalue weighted by Crippen LogP contribution is 2.38. The molecule has 1 aromatic carbocycles. The molecule has 0 aliphatic carbocycles. The number of aliphatic hydroxyl groups excluding tert-OH is 4. The fraction of sp³-hybridized carbons (Fsp3) is 0.661. The largest absolute Gasteiger partial charge is 0.496 e. The summed E-state index contributed by atoms with van der Waals surface area (Å²) in [5.41, 5.74) is 13.0. The minimum absolute atomic E-state index is 0.0301. The zero-order valence-electron chi connectivity index (χ0n) is 52.3. The number of ether oxygens (including phenoxy) is 5. The number of aromatic amines is 1. The lowest BCUT2D eigenvalue weighted by molar-refractivity contribution is -0.144. The van der Waals surface area contributed by atoms with Gasteiger partial charge < -0.3 is 96.9 Å². The summed E-state index contributed by atoms with van der Waals surface area (Å²) in [5.74, 6) is -9.14. The number of nitrogens with two attached hydrogens (primary N) is 2. The number of aliphatic hydroxyl groups is 4. The number of nitrogens with one attached hydrogen (secondary N) is 6. The minimum Gasteiger partial charge on any atom is -0.496 e. The van der Waals surface area contributed by atoms with E-state index in [-0.39, 0.29) is 91.7 Å². The molecule has 0 saturated carbocycles. The van der Waals surface area contributed by atoms with Crippen LogP contribution in [0.15, 0.2) is 29.3 Å². The number of rotatable bonds is 31. The summed E-state index contributed by atoms with van der Waals surface area (Å²) in [6.45, 7) is 5.48. The van der Waals surface area contributed by atoms with E-state index >= 15 is 4.21 Å². The second-order valence-electron chi connectivity index (χ2n) is 22.9. The number of hydrogen-bond donors (Lipinski definition) is 12. The molecule has 1 unspecified atom stereocenters. The molecule has 6 rings (SSSR count). The quantitative estimate of drug-likeness (QED) is 0.0251. The van der Waals surface area contributed by atoms with Crippen LogP contribution in [-0.4, -0.2) is 269 Å². The lowest BCUT2D eigenvalue weighted by Crippen LogP contribution is -2.61. The Morgan fingerprint density at radius 1 is 0.870 bits per heavy atom. The Bertz CT molecular complexity index is 2950. The molecule has 0 spiro atoms. The van der Waals surface area contributed by atoms with E-state index in [1.54, 1.807) is 35.7 Å². The van der Waals surface area contributed by atoms with E-state index in [1.165, 1.54) is 26.2 Å². The molecule has 512 valence electrons. The van der Waals surface area contributed by atoms with Gasteiger partial charge in [-0.25, -0.2) is 0 Å². The maximum atomic E-state index is 15.2. The van der Waals surface area contributed by atoms with Crippen molar-refractivity contribution in [1.82, 2.24) is 46.3 Å². The molecule has 10 amide bonds. The summed E-state index contributed by atoms with van der Waals surface area (Å²) < 4.78 is 43.2. The molecule has 2 fully saturated rings. The van der Waals surface area contributed by atoms with Gasteiger partial charge in [0.25, 0.3) is 11.8 Å². The Morgan fingerprint density at radius 2 is 1.51 bits per heavy atom. The summed E-state index contributed by atoms with van der Waals surface area (Å²) in [6.07, 6.45) is 0.0199. The number of methoxy groups -OCH3 is 1. The second-order valence-corrected chi connectivity index (χ2v) is 25.7. The lowest BCUT2D eigenvalue weighted by Gasteiger charge is -2.32. The van der Waals surface area contributed by atoms with Crippen molar-refractivity contribution < 1.29 is 96.3 Å². The minimum atomic E-state index is -2.36. The average Bonchev–Trinajstić information content (AvgIpc) is 1.61. The van der Waals surface area contributed by atoms with Gasteiger partial charge in [-0.3, -0.25) is 57.1 Å². The van der Waals surface area contributed by atoms with E-state index < -0.39 is 145 Å². The van der Waals surface area contributed by atoms with Crippen LogP contribution in [0.25, 0.3) is 10.9 Å². The van der Waals surface area contributed by atoms with Crippen LogP contribution in [0.4, 0.5) is 0 Å². The van der Waals surface area contributed by atoms with Crippen molar-refractivity contribution in [2.45, 2.75) is 130 Å². The average molecular weight is 1340 g/mol. The van der Waals surface area contributed by atoms with Crippen LogP contribution in [0.3, 0.4) is 0 Å². The number of likely N-dealkylation sites (tertiary alicyclic amines) is 1. The van der Waals surface area contributed by atoms with Crippen molar-refractivity contribution in [1.29, 1.82) is 0 Å². The summed E-state index contributed by atoms with van der Waals surface area (Å²) in [4.78, 5) is 141. The van der Waals surface area contributed by atoms with E-state index in [2.05, 4.69) is 31.6 Å². The van der Waals surface area contributed by atoms with Crippen LogP contribution in [0.2, 0.25) is 0 Å². The molecule has 31 nitrogen and oxygen atoms in total. The number of benzene rings is 1. The maximum Gasteiger partial charge on any atom is 0.253 e. The molecule has 92 heavy (non-hydrogen) atoms. The molecule has 4 aliphatic heterocycles. The van der Waals surface area contributed by atoms with Gasteiger partial charge in [0.2, 0.25) is 47.3 Å². The van der Waals surface area contributed by atoms with E-state index in [9.17, 15) is 68.4 Å². The number of fused-ring (bicyclic) bond motifs is 4. The van der Waals surface area contributed by atoms with Gasteiger partial charge in [-0.1, -0.05) is 27.2 Å². The predicted molar refractivity (Wildman–Crippen MR) is 332 cm³/mol. The fourth-order valence-electron chi connectivity index (χ4n) is 10.8. The Hall–Kier alpha value is -6.66. The summed E-state index contributed by atoms with van der Waals surface area (Å²) in [7, 11) is -0.887. The third-order valence-electron chi connectivity index (χ3n) is 16.5. The highest BCUT2D eigenvalue weighted by atomic mass is 32.2. The molecule has 2 saturated heterocycles. The Kier molecular flexibility index (Phi) is 29.7. The highest BCUT2D eigenvalue weighted by molar-refractivity contribution is 7.99. The number of amides is 10. The zero-order valence-corrected chi connectivity index (χ0v) is 53.9. The topological polar surface area (TPSA) is 453 Å². The molecule has 0 bridgehead atoms. The second kappa shape index (κ2) is 36.7. The number of nitrogens with zero attached hydrogens (tertiary/aromatic N) is 3. The normalized spacial score (nSPS) is 23.4. The monoisotopic (exact) mass is 1340 g/mol. The number of piperidine rings is 1. The van der Waals surface area contributed by atoms with Crippen LogP contribution in [0.5, 0.6) is 5.75 Å². The van der Waals surface area contributed by atoms with Crippen LogP contribution in [0, 0.1) is 11.8 Å². The van der Waals surface area contributed by atoms with Crippen LogP contribution in [-0.2, 0) is 89.9 Å². The van der Waals surface area contributed by atoms with E-state index in [4.69, 9.17) is 35.2 Å². The van der Waals surface area contributed by atoms with Crippen molar-refractivity contribution in [3.63, 3.8) is 0 Å². The first-order valence-corrected chi connectivity index (χ1v) is 33.1. The van der Waals surface area contributed by atoms with E-state index in [0.717, 1.165) is 9.80 Å². The van der Waals surface area contributed by atoms with Gasteiger partial charge in [0.05, 0.1) is 145 Å². The molecule has 4 aliphatic rings. The van der Waals surface area contributed by atoms with Crippen molar-refractivity contribution in [2.75, 3.05) is 112 Å². The molecule has 5 heterocycles. The first kappa shape index (κ1) is 74.4. The molecule has 33 heteroatoms.